The van der Waals surface area contributed by atoms with Crippen LogP contribution >= 0.6 is 7.75 Å². The number of carbonyl (C=O) groups is 1. The standard InChI is InChI=1S/C33H43N6O9P/c1-7-43-29-25-28(36-32(34)37-29)39(20-35-25)30-26(42-6)27(44-18-23-14-10-8-11-15-23)33(5,47-30)19-45-49(41,48-24-16-12-9-13-17-24)38-22(4)31(40)46-21(2)3/h8-17,20-22,26-27,30H,7,18-19H2,1-6H3,(H,38,41)(H2,34,36,37)/t22-,26-,27+,30+,33-,49?/m1/s1. The van der Waals surface area contributed by atoms with Crippen LogP contribution in [0.5, 0.6) is 11.6 Å². The molecular weight excluding hydrogens is 655 g/mol. The number of carbonyl (C=O) groups excluding carboxylic acids is 1. The van der Waals surface area contributed by atoms with E-state index in [0.29, 0.717) is 17.8 Å². The average molecular weight is 699 g/mol. The lowest BCUT2D eigenvalue weighted by atomic mass is 9.98. The summed E-state index contributed by atoms with van der Waals surface area (Å²) >= 11 is 0. The van der Waals surface area contributed by atoms with Crippen molar-refractivity contribution >= 4 is 30.8 Å². The molecule has 6 atom stereocenters. The van der Waals surface area contributed by atoms with E-state index in [9.17, 15) is 9.36 Å². The summed E-state index contributed by atoms with van der Waals surface area (Å²) in [5, 5.41) is 2.72. The number of nitrogen functional groups attached to an aromatic ring is 1. The minimum atomic E-state index is -4.26. The smallest absolute Gasteiger partial charge is 0.459 e. The number of nitrogens with one attached hydrogen (secondary N) is 1. The maximum Gasteiger partial charge on any atom is 0.459 e. The zero-order chi connectivity index (χ0) is 35.2. The number of imidazole rings is 1. The molecule has 3 heterocycles. The van der Waals surface area contributed by atoms with Crippen molar-refractivity contribution in [2.75, 3.05) is 26.1 Å². The van der Waals surface area contributed by atoms with Crippen LogP contribution in [0.3, 0.4) is 0 Å². The number of nitrogens with two attached hydrogens (primary N) is 1. The molecule has 0 saturated carbocycles. The second-order valence-corrected chi connectivity index (χ2v) is 13.6. The molecule has 0 spiro atoms. The molecule has 1 unspecified atom stereocenters. The van der Waals surface area contributed by atoms with Crippen molar-refractivity contribution in [1.82, 2.24) is 24.6 Å². The highest BCUT2D eigenvalue weighted by atomic mass is 31.2. The van der Waals surface area contributed by atoms with Gasteiger partial charge in [0.25, 0.3) is 0 Å². The van der Waals surface area contributed by atoms with E-state index in [-0.39, 0.29) is 36.9 Å². The molecule has 1 saturated heterocycles. The predicted molar refractivity (Wildman–Crippen MR) is 180 cm³/mol. The Morgan fingerprint density at radius 1 is 1.10 bits per heavy atom. The Morgan fingerprint density at radius 2 is 1.80 bits per heavy atom. The molecule has 264 valence electrons. The molecule has 3 N–H and O–H groups in total. The zero-order valence-electron chi connectivity index (χ0n) is 28.3. The van der Waals surface area contributed by atoms with Crippen molar-refractivity contribution in [2.24, 2.45) is 0 Å². The first-order chi connectivity index (χ1) is 23.4. The molecule has 0 amide bonds. The molecule has 2 aromatic carbocycles. The molecule has 4 aromatic rings. The van der Waals surface area contributed by atoms with Crippen LogP contribution < -0.4 is 20.1 Å². The Hall–Kier alpha value is -4.11. The normalized spacial score (nSPS) is 22.6. The third-order valence-corrected chi connectivity index (χ3v) is 9.25. The number of methoxy groups -OCH3 is 1. The predicted octanol–water partition coefficient (Wildman–Crippen LogP) is 4.83. The van der Waals surface area contributed by atoms with Gasteiger partial charge in [-0.2, -0.15) is 15.1 Å². The summed E-state index contributed by atoms with van der Waals surface area (Å²) in [7, 11) is -2.73. The van der Waals surface area contributed by atoms with E-state index >= 15 is 0 Å². The third kappa shape index (κ3) is 8.55. The molecule has 1 aliphatic rings. The van der Waals surface area contributed by atoms with Crippen LogP contribution in [0.1, 0.15) is 46.4 Å². The molecule has 1 aliphatic heterocycles. The SMILES string of the molecule is CCOc1nc(N)nc2c1ncn2[C@H]1O[C@](C)(COP(=O)(N[C@H](C)C(=O)OC(C)C)Oc2ccccc2)[C@@H](OCc2ccccc2)[C@H]1OC. The van der Waals surface area contributed by atoms with E-state index in [1.165, 1.54) is 20.4 Å². The average Bonchev–Trinajstić information content (AvgIpc) is 3.61. The number of hydrogen-bond acceptors (Lipinski definition) is 13. The lowest BCUT2D eigenvalue weighted by Gasteiger charge is -2.33. The van der Waals surface area contributed by atoms with E-state index in [4.69, 9.17) is 38.5 Å². The second-order valence-electron chi connectivity index (χ2n) is 11.9. The minimum absolute atomic E-state index is 0.0113. The van der Waals surface area contributed by atoms with E-state index in [1.807, 2.05) is 37.3 Å². The van der Waals surface area contributed by atoms with Crippen LogP contribution in [0.25, 0.3) is 11.2 Å². The Bertz CT molecular complexity index is 1740. The van der Waals surface area contributed by atoms with Gasteiger partial charge in [0.1, 0.15) is 29.6 Å². The van der Waals surface area contributed by atoms with Crippen LogP contribution in [0, 0.1) is 0 Å². The highest BCUT2D eigenvalue weighted by molar-refractivity contribution is 7.52. The van der Waals surface area contributed by atoms with Crippen LogP contribution in [0.15, 0.2) is 67.0 Å². The molecule has 16 heteroatoms. The van der Waals surface area contributed by atoms with Gasteiger partial charge in [-0.1, -0.05) is 48.5 Å². The topological polar surface area (TPSA) is 180 Å². The molecule has 0 radical (unpaired) electrons. The highest BCUT2D eigenvalue weighted by Crippen LogP contribution is 2.49. The monoisotopic (exact) mass is 698 g/mol. The number of para-hydroxylation sites is 1. The lowest BCUT2D eigenvalue weighted by Crippen LogP contribution is -2.47. The van der Waals surface area contributed by atoms with E-state index in [0.717, 1.165) is 5.56 Å². The summed E-state index contributed by atoms with van der Waals surface area (Å²) in [6, 6.07) is 17.1. The van der Waals surface area contributed by atoms with E-state index < -0.39 is 43.8 Å². The Balaban J connectivity index is 1.49. The number of ether oxygens (including phenoxy) is 5. The number of nitrogens with zero attached hydrogens (tertiary/aromatic N) is 4. The molecule has 15 nitrogen and oxygen atoms in total. The van der Waals surface area contributed by atoms with Gasteiger partial charge in [-0.3, -0.25) is 13.9 Å². The summed E-state index contributed by atoms with van der Waals surface area (Å²) < 4.78 is 58.3. The third-order valence-electron chi connectivity index (χ3n) is 7.62. The van der Waals surface area contributed by atoms with Crippen molar-refractivity contribution in [3.8, 4) is 11.6 Å². The minimum Gasteiger partial charge on any atom is -0.476 e. The summed E-state index contributed by atoms with van der Waals surface area (Å²) in [6.07, 6.45) is -1.25. The summed E-state index contributed by atoms with van der Waals surface area (Å²) in [5.41, 5.74) is 6.38. The largest absolute Gasteiger partial charge is 0.476 e. The van der Waals surface area contributed by atoms with Gasteiger partial charge in [0.2, 0.25) is 11.8 Å². The molecule has 2 aromatic heterocycles. The van der Waals surface area contributed by atoms with Gasteiger partial charge in [-0.05, 0) is 52.3 Å². The van der Waals surface area contributed by atoms with Crippen molar-refractivity contribution in [3.05, 3.63) is 72.6 Å². The first kappa shape index (κ1) is 36.2. The number of aromatic nitrogens is 4. The summed E-state index contributed by atoms with van der Waals surface area (Å²) in [4.78, 5) is 25.8. The van der Waals surface area contributed by atoms with Crippen molar-refractivity contribution in [1.29, 1.82) is 0 Å². The second kappa shape index (κ2) is 15.6. The fourth-order valence-corrected chi connectivity index (χ4v) is 6.97. The molecular formula is C33H43N6O9P. The Labute approximate surface area is 285 Å². The molecule has 5 rings (SSSR count). The number of benzene rings is 2. The first-order valence-corrected chi connectivity index (χ1v) is 17.5. The van der Waals surface area contributed by atoms with Crippen LogP contribution in [0.4, 0.5) is 5.95 Å². The maximum absolute atomic E-state index is 14.4. The van der Waals surface area contributed by atoms with Gasteiger partial charge in [0.05, 0.1) is 32.3 Å². The number of esters is 1. The van der Waals surface area contributed by atoms with E-state index in [1.54, 1.807) is 55.7 Å². The van der Waals surface area contributed by atoms with Gasteiger partial charge in [-0.15, -0.1) is 0 Å². The molecule has 0 aliphatic carbocycles. The lowest BCUT2D eigenvalue weighted by molar-refractivity contribution is -0.149. The van der Waals surface area contributed by atoms with Gasteiger partial charge < -0.3 is 33.9 Å². The fraction of sp³-hybridized carbons (Fsp3) is 0.455. The number of fused-ring (bicyclic) bond motifs is 1. The molecule has 49 heavy (non-hydrogen) atoms. The summed E-state index contributed by atoms with van der Waals surface area (Å²) in [6.45, 7) is 8.77. The van der Waals surface area contributed by atoms with Crippen LogP contribution in [-0.2, 0) is 39.4 Å². The highest BCUT2D eigenvalue weighted by Gasteiger charge is 2.56. The molecule has 1 fully saturated rings. The van der Waals surface area contributed by atoms with E-state index in [2.05, 4.69) is 20.0 Å². The van der Waals surface area contributed by atoms with Crippen molar-refractivity contribution in [2.45, 2.75) is 77.4 Å². The number of rotatable bonds is 16. The van der Waals surface area contributed by atoms with Gasteiger partial charge in [0, 0.05) is 7.11 Å². The molecule has 0 bridgehead atoms. The zero-order valence-corrected chi connectivity index (χ0v) is 29.2. The number of anilines is 1. The van der Waals surface area contributed by atoms with Gasteiger partial charge in [0.15, 0.2) is 17.4 Å². The van der Waals surface area contributed by atoms with Crippen LogP contribution in [-0.4, -0.2) is 75.8 Å². The maximum atomic E-state index is 14.4. The Kier molecular flexibility index (Phi) is 11.5. The van der Waals surface area contributed by atoms with Crippen molar-refractivity contribution in [3.63, 3.8) is 0 Å². The quantitative estimate of drug-likeness (QED) is 0.120. The van der Waals surface area contributed by atoms with Gasteiger partial charge >= 0.3 is 13.7 Å². The summed E-state index contributed by atoms with van der Waals surface area (Å²) in [5.74, 6) is -0.143. The van der Waals surface area contributed by atoms with Crippen molar-refractivity contribution < 1.29 is 42.1 Å². The number of hydrogen-bond donors (Lipinski definition) is 2. The fourth-order valence-electron chi connectivity index (χ4n) is 5.39. The van der Waals surface area contributed by atoms with Crippen LogP contribution in [0.2, 0.25) is 0 Å². The Morgan fingerprint density at radius 3 is 2.45 bits per heavy atom. The van der Waals surface area contributed by atoms with Gasteiger partial charge in [-0.25, -0.2) is 9.55 Å². The first-order valence-electron chi connectivity index (χ1n) is 15.9.